The van der Waals surface area contributed by atoms with E-state index < -0.39 is 5.97 Å². The minimum absolute atomic E-state index is 0.00408. The molecule has 6 heteroatoms. The van der Waals surface area contributed by atoms with Crippen molar-refractivity contribution < 1.29 is 15.0 Å². The quantitative estimate of drug-likeness (QED) is 0.780. The highest BCUT2D eigenvalue weighted by Gasteiger charge is 2.16. The number of nitrogens with one attached hydrogen (secondary N) is 1. The summed E-state index contributed by atoms with van der Waals surface area (Å²) < 4.78 is 0. The van der Waals surface area contributed by atoms with Gasteiger partial charge in [0.05, 0.1) is 10.7 Å². The number of rotatable bonds is 2. The summed E-state index contributed by atoms with van der Waals surface area (Å²) in [5.74, 6) is -1.07. The molecular formula is C12H11ClN2O3. The largest absolute Gasteiger partial charge is 0.506 e. The molecule has 0 aliphatic rings. The topological polar surface area (TPSA) is 86.2 Å². The second-order valence-electron chi connectivity index (χ2n) is 4.00. The summed E-state index contributed by atoms with van der Waals surface area (Å²) in [5, 5.41) is 25.1. The van der Waals surface area contributed by atoms with E-state index in [2.05, 4.69) is 10.2 Å². The van der Waals surface area contributed by atoms with Crippen molar-refractivity contribution in [3.8, 4) is 17.0 Å². The maximum atomic E-state index is 10.8. The predicted molar refractivity (Wildman–Crippen MR) is 67.1 cm³/mol. The van der Waals surface area contributed by atoms with E-state index in [4.69, 9.17) is 16.7 Å². The van der Waals surface area contributed by atoms with Gasteiger partial charge in [-0.2, -0.15) is 5.10 Å². The molecule has 1 aromatic carbocycles. The number of benzene rings is 1. The number of hydrogen-bond acceptors (Lipinski definition) is 3. The first-order valence-corrected chi connectivity index (χ1v) is 5.57. The van der Waals surface area contributed by atoms with Crippen LogP contribution in [-0.4, -0.2) is 26.4 Å². The monoisotopic (exact) mass is 266 g/mol. The normalized spacial score (nSPS) is 10.6. The van der Waals surface area contributed by atoms with Crippen molar-refractivity contribution in [2.24, 2.45) is 0 Å². The highest BCUT2D eigenvalue weighted by Crippen LogP contribution is 2.36. The number of aromatic carboxylic acids is 1. The second-order valence-corrected chi connectivity index (χ2v) is 4.38. The van der Waals surface area contributed by atoms with Crippen LogP contribution in [0.25, 0.3) is 11.3 Å². The SMILES string of the molecule is Cc1cc(O)c(Cl)c(C)c1-c1cc(C(=O)O)[nH]n1. The van der Waals surface area contributed by atoms with Gasteiger partial charge in [0.2, 0.25) is 0 Å². The fourth-order valence-electron chi connectivity index (χ4n) is 1.89. The van der Waals surface area contributed by atoms with Crippen molar-refractivity contribution in [3.05, 3.63) is 34.0 Å². The van der Waals surface area contributed by atoms with Crippen LogP contribution >= 0.6 is 11.6 Å². The minimum atomic E-state index is -1.08. The smallest absolute Gasteiger partial charge is 0.353 e. The Labute approximate surface area is 108 Å². The van der Waals surface area contributed by atoms with E-state index in [0.29, 0.717) is 11.3 Å². The van der Waals surface area contributed by atoms with Crippen LogP contribution in [0, 0.1) is 13.8 Å². The number of carboxylic acid groups (broad SMARTS) is 1. The predicted octanol–water partition coefficient (Wildman–Crippen LogP) is 2.75. The van der Waals surface area contributed by atoms with Gasteiger partial charge >= 0.3 is 5.97 Å². The average Bonchev–Trinajstić information content (AvgIpc) is 2.75. The van der Waals surface area contributed by atoms with E-state index in [1.165, 1.54) is 12.1 Å². The number of phenolic OH excluding ortho intramolecular Hbond substituents is 1. The van der Waals surface area contributed by atoms with E-state index >= 15 is 0 Å². The van der Waals surface area contributed by atoms with Crippen LogP contribution in [0.3, 0.4) is 0 Å². The summed E-state index contributed by atoms with van der Waals surface area (Å²) in [7, 11) is 0. The van der Waals surface area contributed by atoms with E-state index in [9.17, 15) is 9.90 Å². The Morgan fingerprint density at radius 1 is 1.39 bits per heavy atom. The van der Waals surface area contributed by atoms with E-state index in [1.807, 2.05) is 0 Å². The third kappa shape index (κ3) is 1.93. The zero-order chi connectivity index (χ0) is 13.4. The van der Waals surface area contributed by atoms with Crippen molar-refractivity contribution in [2.45, 2.75) is 13.8 Å². The molecule has 0 aliphatic carbocycles. The van der Waals surface area contributed by atoms with Gasteiger partial charge in [0.1, 0.15) is 11.4 Å². The van der Waals surface area contributed by atoms with Gasteiger partial charge in [0.15, 0.2) is 0 Å². The van der Waals surface area contributed by atoms with Gasteiger partial charge in [-0.25, -0.2) is 4.79 Å². The lowest BCUT2D eigenvalue weighted by Gasteiger charge is -2.10. The molecule has 94 valence electrons. The first-order valence-electron chi connectivity index (χ1n) is 5.19. The highest BCUT2D eigenvalue weighted by atomic mass is 35.5. The fraction of sp³-hybridized carbons (Fsp3) is 0.167. The number of carbonyl (C=O) groups is 1. The molecule has 1 heterocycles. The second kappa shape index (κ2) is 4.34. The molecule has 0 bridgehead atoms. The van der Waals surface area contributed by atoms with Gasteiger partial charge < -0.3 is 10.2 Å². The molecule has 0 saturated carbocycles. The molecule has 1 aromatic heterocycles. The zero-order valence-corrected chi connectivity index (χ0v) is 10.5. The Balaban J connectivity index is 2.63. The number of H-pyrrole nitrogens is 1. The first kappa shape index (κ1) is 12.4. The van der Waals surface area contributed by atoms with Crippen LogP contribution in [0.1, 0.15) is 21.6 Å². The number of aryl methyl sites for hydroxylation is 1. The number of phenols is 1. The number of halogens is 1. The summed E-state index contributed by atoms with van der Waals surface area (Å²) in [6.07, 6.45) is 0. The summed E-state index contributed by atoms with van der Waals surface area (Å²) in [5.41, 5.74) is 2.66. The Bertz CT molecular complexity index is 634. The van der Waals surface area contributed by atoms with Gasteiger partial charge in [0, 0.05) is 5.56 Å². The number of carboxylic acids is 1. The van der Waals surface area contributed by atoms with Crippen LogP contribution in [0.4, 0.5) is 0 Å². The Morgan fingerprint density at radius 3 is 2.61 bits per heavy atom. The Morgan fingerprint density at radius 2 is 2.06 bits per heavy atom. The Hall–Kier alpha value is -2.01. The third-order valence-corrected chi connectivity index (χ3v) is 3.22. The number of aromatic hydroxyl groups is 1. The van der Waals surface area contributed by atoms with Crippen LogP contribution in [-0.2, 0) is 0 Å². The van der Waals surface area contributed by atoms with E-state index in [0.717, 1.165) is 11.1 Å². The summed E-state index contributed by atoms with van der Waals surface area (Å²) in [6, 6.07) is 2.96. The van der Waals surface area contributed by atoms with Gasteiger partial charge in [-0.05, 0) is 37.1 Å². The molecule has 3 N–H and O–H groups in total. The molecular weight excluding hydrogens is 256 g/mol. The number of aromatic amines is 1. The zero-order valence-electron chi connectivity index (χ0n) is 9.78. The van der Waals surface area contributed by atoms with Crippen molar-refractivity contribution in [1.29, 1.82) is 0 Å². The van der Waals surface area contributed by atoms with Crippen LogP contribution < -0.4 is 0 Å². The lowest BCUT2D eigenvalue weighted by atomic mass is 9.99. The highest BCUT2D eigenvalue weighted by molar-refractivity contribution is 6.33. The maximum absolute atomic E-state index is 10.8. The number of nitrogens with zero attached hydrogens (tertiary/aromatic N) is 1. The van der Waals surface area contributed by atoms with Crippen LogP contribution in [0.15, 0.2) is 12.1 Å². The van der Waals surface area contributed by atoms with Gasteiger partial charge in [-0.3, -0.25) is 5.10 Å². The molecule has 0 radical (unpaired) electrons. The number of hydrogen-bond donors (Lipinski definition) is 3. The molecule has 0 atom stereocenters. The van der Waals surface area contributed by atoms with Crippen molar-refractivity contribution >= 4 is 17.6 Å². The lowest BCUT2D eigenvalue weighted by Crippen LogP contribution is -1.95. The lowest BCUT2D eigenvalue weighted by molar-refractivity contribution is 0.0690. The molecule has 0 spiro atoms. The molecule has 0 fully saturated rings. The van der Waals surface area contributed by atoms with Crippen molar-refractivity contribution in [2.75, 3.05) is 0 Å². The van der Waals surface area contributed by atoms with Crippen molar-refractivity contribution in [1.82, 2.24) is 10.2 Å². The summed E-state index contributed by atoms with van der Waals surface area (Å²) >= 11 is 5.97. The van der Waals surface area contributed by atoms with Gasteiger partial charge in [0.25, 0.3) is 0 Å². The van der Waals surface area contributed by atoms with Gasteiger partial charge in [-0.1, -0.05) is 11.6 Å². The molecule has 18 heavy (non-hydrogen) atoms. The van der Waals surface area contributed by atoms with Crippen molar-refractivity contribution in [3.63, 3.8) is 0 Å². The third-order valence-electron chi connectivity index (χ3n) is 2.74. The van der Waals surface area contributed by atoms with E-state index in [1.54, 1.807) is 13.8 Å². The minimum Gasteiger partial charge on any atom is -0.506 e. The number of aromatic nitrogens is 2. The molecule has 0 aliphatic heterocycles. The van der Waals surface area contributed by atoms with Crippen LogP contribution in [0.5, 0.6) is 5.75 Å². The molecule has 0 saturated heterocycles. The van der Waals surface area contributed by atoms with E-state index in [-0.39, 0.29) is 16.5 Å². The summed E-state index contributed by atoms with van der Waals surface area (Å²) in [4.78, 5) is 10.8. The maximum Gasteiger partial charge on any atom is 0.353 e. The van der Waals surface area contributed by atoms with Crippen LogP contribution in [0.2, 0.25) is 5.02 Å². The Kier molecular flexibility index (Phi) is 3.00. The molecule has 2 rings (SSSR count). The molecule has 5 nitrogen and oxygen atoms in total. The molecule has 0 amide bonds. The molecule has 0 unspecified atom stereocenters. The van der Waals surface area contributed by atoms with Gasteiger partial charge in [-0.15, -0.1) is 0 Å². The molecule has 2 aromatic rings. The summed E-state index contributed by atoms with van der Waals surface area (Å²) in [6.45, 7) is 3.55. The standard InChI is InChI=1S/C12H11ClN2O3/c1-5-3-9(16)11(13)6(2)10(5)7-4-8(12(17)18)15-14-7/h3-4,16H,1-2H3,(H,14,15)(H,17,18). The fourth-order valence-corrected chi connectivity index (χ4v) is 2.04. The first-order chi connectivity index (χ1) is 8.41. The average molecular weight is 267 g/mol.